The fourth-order valence-electron chi connectivity index (χ4n) is 3.37. The first-order valence-electron chi connectivity index (χ1n) is 10.9. The molecule has 3 rings (SSSR count). The molecule has 0 saturated carbocycles. The molecule has 8 heteroatoms. The summed E-state index contributed by atoms with van der Waals surface area (Å²) in [5.74, 6) is 0.343. The fourth-order valence-corrected chi connectivity index (χ4v) is 3.37. The molecule has 1 atom stereocenters. The van der Waals surface area contributed by atoms with Gasteiger partial charge in [-0.1, -0.05) is 32.0 Å². The number of carbonyl (C=O) groups is 2. The van der Waals surface area contributed by atoms with Gasteiger partial charge in [-0.05, 0) is 55.2 Å². The van der Waals surface area contributed by atoms with E-state index in [1.54, 1.807) is 37.3 Å². The smallest absolute Gasteiger partial charge is 0.338 e. The lowest BCUT2D eigenvalue weighted by atomic mass is 9.95. The number of allylic oxidation sites excluding steroid dienone is 1. The number of hydrogen-bond donors (Lipinski definition) is 2. The van der Waals surface area contributed by atoms with Gasteiger partial charge in [0, 0.05) is 5.70 Å². The van der Waals surface area contributed by atoms with E-state index in [-0.39, 0.29) is 24.9 Å². The van der Waals surface area contributed by atoms with E-state index in [0.29, 0.717) is 34.9 Å². The first kappa shape index (κ1) is 24.1. The highest BCUT2D eigenvalue weighted by Crippen LogP contribution is 2.35. The Labute approximate surface area is 192 Å². The number of halogens is 1. The van der Waals surface area contributed by atoms with Gasteiger partial charge in [0.25, 0.3) is 0 Å². The first-order chi connectivity index (χ1) is 15.8. The van der Waals surface area contributed by atoms with E-state index in [9.17, 15) is 14.0 Å². The molecule has 0 spiro atoms. The lowest BCUT2D eigenvalue weighted by Crippen LogP contribution is -2.45. The minimum absolute atomic E-state index is 0.182. The summed E-state index contributed by atoms with van der Waals surface area (Å²) < 4.78 is 30.2. The number of amides is 2. The van der Waals surface area contributed by atoms with Crippen molar-refractivity contribution in [2.24, 2.45) is 5.92 Å². The molecular formula is C25H29FN2O5. The normalized spacial score (nSPS) is 15.7. The van der Waals surface area contributed by atoms with Gasteiger partial charge in [0.1, 0.15) is 12.4 Å². The van der Waals surface area contributed by atoms with Crippen molar-refractivity contribution in [2.75, 3.05) is 13.2 Å². The van der Waals surface area contributed by atoms with Crippen molar-refractivity contribution in [3.8, 4) is 11.5 Å². The molecule has 0 bridgehead atoms. The Hall–Kier alpha value is -3.55. The Bertz CT molecular complexity index is 1030. The molecule has 2 N–H and O–H groups in total. The Morgan fingerprint density at radius 3 is 2.48 bits per heavy atom. The minimum atomic E-state index is -0.705. The Balaban J connectivity index is 1.87. The van der Waals surface area contributed by atoms with E-state index in [4.69, 9.17) is 14.2 Å². The van der Waals surface area contributed by atoms with Crippen molar-refractivity contribution < 1.29 is 28.2 Å². The van der Waals surface area contributed by atoms with Crippen LogP contribution in [0.5, 0.6) is 11.5 Å². The molecule has 0 aromatic heterocycles. The number of carbonyl (C=O) groups excluding carboxylic acids is 2. The number of esters is 1. The van der Waals surface area contributed by atoms with Gasteiger partial charge >= 0.3 is 12.0 Å². The summed E-state index contributed by atoms with van der Waals surface area (Å²) in [6, 6.07) is 10.2. The van der Waals surface area contributed by atoms with Crippen molar-refractivity contribution in [1.82, 2.24) is 10.6 Å². The molecule has 2 amide bonds. The van der Waals surface area contributed by atoms with Crippen molar-refractivity contribution in [3.63, 3.8) is 0 Å². The first-order valence-corrected chi connectivity index (χ1v) is 10.9. The predicted octanol–water partition coefficient (Wildman–Crippen LogP) is 4.63. The summed E-state index contributed by atoms with van der Waals surface area (Å²) >= 11 is 0. The molecule has 0 fully saturated rings. The van der Waals surface area contributed by atoms with Crippen LogP contribution in [-0.2, 0) is 16.1 Å². The summed E-state index contributed by atoms with van der Waals surface area (Å²) in [7, 11) is 0. The van der Waals surface area contributed by atoms with Crippen LogP contribution in [0, 0.1) is 11.7 Å². The van der Waals surface area contributed by atoms with E-state index in [1.165, 1.54) is 12.1 Å². The number of rotatable bonds is 9. The number of hydrogen-bond acceptors (Lipinski definition) is 5. The topological polar surface area (TPSA) is 85.9 Å². The maximum absolute atomic E-state index is 13.1. The molecule has 1 aliphatic rings. The highest BCUT2D eigenvalue weighted by Gasteiger charge is 2.33. The largest absolute Gasteiger partial charge is 0.490 e. The summed E-state index contributed by atoms with van der Waals surface area (Å²) in [5.41, 5.74) is 2.23. The van der Waals surface area contributed by atoms with Gasteiger partial charge in [-0.2, -0.15) is 0 Å². The molecule has 33 heavy (non-hydrogen) atoms. The SMILES string of the molecule is CCOc1cc(C2NC(=O)NC(C)=C2C(=O)OCC(C)C)ccc1OCc1ccc(F)cc1. The van der Waals surface area contributed by atoms with Gasteiger partial charge in [-0.3, -0.25) is 0 Å². The Morgan fingerprint density at radius 2 is 1.82 bits per heavy atom. The molecule has 2 aromatic rings. The second-order valence-corrected chi connectivity index (χ2v) is 8.12. The molecule has 0 saturated heterocycles. The zero-order valence-corrected chi connectivity index (χ0v) is 19.2. The summed E-state index contributed by atoms with van der Waals surface area (Å²) in [6.07, 6.45) is 0. The maximum Gasteiger partial charge on any atom is 0.338 e. The zero-order valence-electron chi connectivity index (χ0n) is 19.2. The Kier molecular flexibility index (Phi) is 7.92. The average Bonchev–Trinajstić information content (AvgIpc) is 2.77. The molecule has 1 heterocycles. The second kappa shape index (κ2) is 10.8. The van der Waals surface area contributed by atoms with Crippen LogP contribution in [0.4, 0.5) is 9.18 Å². The average molecular weight is 457 g/mol. The third-order valence-electron chi connectivity index (χ3n) is 4.95. The van der Waals surface area contributed by atoms with Crippen molar-refractivity contribution in [2.45, 2.75) is 40.3 Å². The molecule has 1 unspecified atom stereocenters. The summed E-state index contributed by atoms with van der Waals surface area (Å²) in [4.78, 5) is 25.0. The number of benzene rings is 2. The molecule has 0 radical (unpaired) electrons. The van der Waals surface area contributed by atoms with Crippen LogP contribution in [0.15, 0.2) is 53.7 Å². The minimum Gasteiger partial charge on any atom is -0.490 e. The van der Waals surface area contributed by atoms with Crippen molar-refractivity contribution >= 4 is 12.0 Å². The molecule has 1 aliphatic heterocycles. The zero-order chi connectivity index (χ0) is 24.0. The Morgan fingerprint density at radius 1 is 1.09 bits per heavy atom. The summed E-state index contributed by atoms with van der Waals surface area (Å²) in [5, 5.41) is 5.43. The second-order valence-electron chi connectivity index (χ2n) is 8.12. The molecule has 176 valence electrons. The van der Waals surface area contributed by atoms with E-state index in [1.807, 2.05) is 20.8 Å². The van der Waals surface area contributed by atoms with Crippen LogP contribution in [-0.4, -0.2) is 25.2 Å². The standard InChI is InChI=1S/C25H29FN2O5/c1-5-31-21-12-18(8-11-20(21)32-14-17-6-9-19(26)10-7-17)23-22(16(4)27-25(30)28-23)24(29)33-13-15(2)3/h6-12,15,23H,5,13-14H2,1-4H3,(H2,27,28,30). The van der Waals surface area contributed by atoms with Gasteiger partial charge in [0.2, 0.25) is 0 Å². The number of ether oxygens (including phenoxy) is 3. The van der Waals surface area contributed by atoms with Gasteiger partial charge in [0.05, 0.1) is 24.8 Å². The van der Waals surface area contributed by atoms with Crippen LogP contribution in [0.2, 0.25) is 0 Å². The van der Waals surface area contributed by atoms with Crippen LogP contribution in [0.1, 0.15) is 44.9 Å². The monoisotopic (exact) mass is 456 g/mol. The third-order valence-corrected chi connectivity index (χ3v) is 4.95. The quantitative estimate of drug-likeness (QED) is 0.538. The predicted molar refractivity (Wildman–Crippen MR) is 121 cm³/mol. The van der Waals surface area contributed by atoms with Crippen LogP contribution in [0.3, 0.4) is 0 Å². The van der Waals surface area contributed by atoms with E-state index in [2.05, 4.69) is 10.6 Å². The maximum atomic E-state index is 13.1. The van der Waals surface area contributed by atoms with E-state index >= 15 is 0 Å². The van der Waals surface area contributed by atoms with E-state index in [0.717, 1.165) is 5.56 Å². The van der Waals surface area contributed by atoms with Crippen molar-refractivity contribution in [3.05, 3.63) is 70.7 Å². The lowest BCUT2D eigenvalue weighted by molar-refractivity contribution is -0.140. The van der Waals surface area contributed by atoms with Gasteiger partial charge in [0.15, 0.2) is 11.5 Å². The van der Waals surface area contributed by atoms with Crippen LogP contribution < -0.4 is 20.1 Å². The fraction of sp³-hybridized carbons (Fsp3) is 0.360. The number of nitrogens with one attached hydrogen (secondary N) is 2. The highest BCUT2D eigenvalue weighted by molar-refractivity contribution is 5.95. The molecular weight excluding hydrogens is 427 g/mol. The van der Waals surface area contributed by atoms with Crippen molar-refractivity contribution in [1.29, 1.82) is 0 Å². The van der Waals surface area contributed by atoms with Gasteiger partial charge in [-0.15, -0.1) is 0 Å². The lowest BCUT2D eigenvalue weighted by Gasteiger charge is -2.28. The van der Waals surface area contributed by atoms with Gasteiger partial charge in [-0.25, -0.2) is 14.0 Å². The summed E-state index contributed by atoms with van der Waals surface area (Å²) in [6.45, 7) is 8.32. The third kappa shape index (κ3) is 6.25. The van der Waals surface area contributed by atoms with Crippen LogP contribution in [0.25, 0.3) is 0 Å². The van der Waals surface area contributed by atoms with Crippen LogP contribution >= 0.6 is 0 Å². The molecule has 2 aromatic carbocycles. The number of urea groups is 1. The molecule has 0 aliphatic carbocycles. The molecule has 7 nitrogen and oxygen atoms in total. The van der Waals surface area contributed by atoms with Gasteiger partial charge < -0.3 is 24.8 Å². The van der Waals surface area contributed by atoms with E-state index < -0.39 is 18.0 Å². The highest BCUT2D eigenvalue weighted by atomic mass is 19.1.